The highest BCUT2D eigenvalue weighted by Crippen LogP contribution is 2.26. The van der Waals surface area contributed by atoms with Crippen LogP contribution in [0.1, 0.15) is 24.8 Å². The van der Waals surface area contributed by atoms with Crippen LogP contribution in [0.5, 0.6) is 5.75 Å². The Hall–Kier alpha value is -2.49. The monoisotopic (exact) mass is 324 g/mol. The van der Waals surface area contributed by atoms with Gasteiger partial charge in [0.05, 0.1) is 13.0 Å². The third-order valence-corrected chi connectivity index (χ3v) is 4.27. The van der Waals surface area contributed by atoms with Gasteiger partial charge >= 0.3 is 0 Å². The molecule has 0 aromatic heterocycles. The smallest absolute Gasteiger partial charge is 0.227 e. The zero-order valence-electron chi connectivity index (χ0n) is 14.1. The summed E-state index contributed by atoms with van der Waals surface area (Å²) in [5.74, 6) is 0.760. The summed E-state index contributed by atoms with van der Waals surface area (Å²) < 4.78 is 5.56. The number of aryl methyl sites for hydroxylation is 1. The van der Waals surface area contributed by atoms with E-state index < -0.39 is 0 Å². The van der Waals surface area contributed by atoms with Gasteiger partial charge in [0, 0.05) is 24.5 Å². The van der Waals surface area contributed by atoms with Crippen molar-refractivity contribution in [1.82, 2.24) is 0 Å². The maximum atomic E-state index is 12.1. The number of ether oxygens (including phenoxy) is 1. The predicted octanol–water partition coefficient (Wildman–Crippen LogP) is 4.00. The molecular weight excluding hydrogens is 300 g/mol. The molecule has 1 fully saturated rings. The summed E-state index contributed by atoms with van der Waals surface area (Å²) in [6.45, 7) is 4.73. The van der Waals surface area contributed by atoms with Crippen molar-refractivity contribution < 1.29 is 9.53 Å². The van der Waals surface area contributed by atoms with Crippen LogP contribution in [0.4, 0.5) is 11.4 Å². The van der Waals surface area contributed by atoms with Gasteiger partial charge in [0.15, 0.2) is 0 Å². The fraction of sp³-hybridized carbons (Fsp3) is 0.350. The second-order valence-corrected chi connectivity index (χ2v) is 6.16. The fourth-order valence-electron chi connectivity index (χ4n) is 3.05. The lowest BCUT2D eigenvalue weighted by molar-refractivity contribution is -0.116. The number of anilines is 2. The first-order valence-electron chi connectivity index (χ1n) is 8.56. The van der Waals surface area contributed by atoms with Gasteiger partial charge in [-0.2, -0.15) is 0 Å². The van der Waals surface area contributed by atoms with Gasteiger partial charge in [0.1, 0.15) is 5.75 Å². The first kappa shape index (κ1) is 16.4. The van der Waals surface area contributed by atoms with Gasteiger partial charge in [-0.25, -0.2) is 0 Å². The van der Waals surface area contributed by atoms with Gasteiger partial charge in [-0.3, -0.25) is 4.79 Å². The highest BCUT2D eigenvalue weighted by atomic mass is 16.5. The summed E-state index contributed by atoms with van der Waals surface area (Å²) in [6, 6.07) is 15.7. The van der Waals surface area contributed by atoms with E-state index in [1.54, 1.807) is 0 Å². The number of para-hydroxylation sites is 1. The van der Waals surface area contributed by atoms with E-state index in [-0.39, 0.29) is 5.91 Å². The Morgan fingerprint density at radius 2 is 1.88 bits per heavy atom. The van der Waals surface area contributed by atoms with Crippen LogP contribution in [0.25, 0.3) is 0 Å². The average molecular weight is 324 g/mol. The summed E-state index contributed by atoms with van der Waals surface area (Å²) >= 11 is 0. The molecule has 2 aromatic rings. The van der Waals surface area contributed by atoms with E-state index in [0.29, 0.717) is 13.0 Å². The molecule has 1 N–H and O–H groups in total. The highest BCUT2D eigenvalue weighted by molar-refractivity contribution is 5.91. The first-order valence-corrected chi connectivity index (χ1v) is 8.56. The maximum absolute atomic E-state index is 12.1. The molecule has 1 saturated heterocycles. The molecule has 0 bridgehead atoms. The molecule has 126 valence electrons. The van der Waals surface area contributed by atoms with Gasteiger partial charge < -0.3 is 15.0 Å². The number of nitrogens with one attached hydrogen (secondary N) is 1. The second-order valence-electron chi connectivity index (χ2n) is 6.16. The Kier molecular flexibility index (Phi) is 5.36. The van der Waals surface area contributed by atoms with E-state index in [2.05, 4.69) is 23.2 Å². The molecule has 1 heterocycles. The van der Waals surface area contributed by atoms with Crippen LogP contribution < -0.4 is 15.0 Å². The summed E-state index contributed by atoms with van der Waals surface area (Å²) in [7, 11) is 0. The lowest BCUT2D eigenvalue weighted by Crippen LogP contribution is -2.19. The molecule has 0 unspecified atom stereocenters. The van der Waals surface area contributed by atoms with Crippen LogP contribution >= 0.6 is 0 Å². The lowest BCUT2D eigenvalue weighted by Gasteiger charge is -2.20. The Morgan fingerprint density at radius 1 is 1.12 bits per heavy atom. The maximum Gasteiger partial charge on any atom is 0.227 e. The molecule has 1 amide bonds. The molecule has 0 saturated carbocycles. The molecule has 0 radical (unpaired) electrons. The minimum absolute atomic E-state index is 0.0285. The number of carbonyl (C=O) groups is 1. The van der Waals surface area contributed by atoms with Gasteiger partial charge in [-0.15, -0.1) is 0 Å². The fourth-order valence-corrected chi connectivity index (χ4v) is 3.05. The molecule has 0 spiro atoms. The van der Waals surface area contributed by atoms with E-state index in [4.69, 9.17) is 4.74 Å². The van der Waals surface area contributed by atoms with Crippen LogP contribution in [-0.2, 0) is 4.79 Å². The number of hydrogen-bond donors (Lipinski definition) is 1. The number of benzene rings is 2. The quantitative estimate of drug-likeness (QED) is 0.873. The van der Waals surface area contributed by atoms with Crippen LogP contribution in [0.3, 0.4) is 0 Å². The van der Waals surface area contributed by atoms with Crippen molar-refractivity contribution in [3.8, 4) is 5.75 Å². The highest BCUT2D eigenvalue weighted by Gasteiger charge is 2.14. The topological polar surface area (TPSA) is 41.6 Å². The Balaban J connectivity index is 1.50. The predicted molar refractivity (Wildman–Crippen MR) is 97.8 cm³/mol. The molecule has 1 aliphatic rings. The molecular formula is C20H24N2O2. The molecule has 3 rings (SSSR count). The minimum atomic E-state index is -0.0285. The normalized spacial score (nSPS) is 13.8. The summed E-state index contributed by atoms with van der Waals surface area (Å²) in [6.07, 6.45) is 2.86. The van der Waals surface area contributed by atoms with Crippen molar-refractivity contribution in [3.05, 3.63) is 54.1 Å². The number of rotatable bonds is 6. The largest absolute Gasteiger partial charge is 0.493 e. The Bertz CT molecular complexity index is 679. The molecule has 4 heteroatoms. The van der Waals surface area contributed by atoms with Gasteiger partial charge in [-0.1, -0.05) is 18.2 Å². The second kappa shape index (κ2) is 7.86. The zero-order valence-corrected chi connectivity index (χ0v) is 14.1. The van der Waals surface area contributed by atoms with Gasteiger partial charge in [0.25, 0.3) is 0 Å². The minimum Gasteiger partial charge on any atom is -0.493 e. The third-order valence-electron chi connectivity index (χ3n) is 4.27. The Labute approximate surface area is 143 Å². The van der Waals surface area contributed by atoms with Crippen molar-refractivity contribution in [1.29, 1.82) is 0 Å². The van der Waals surface area contributed by atoms with Gasteiger partial charge in [0.2, 0.25) is 5.91 Å². The van der Waals surface area contributed by atoms with Crippen LogP contribution in [-0.4, -0.2) is 25.6 Å². The SMILES string of the molecule is Cc1cc(NC(=O)CCOc2ccccc2)ccc1N1CCCC1. The molecule has 0 atom stereocenters. The lowest BCUT2D eigenvalue weighted by atomic mass is 10.1. The van der Waals surface area contributed by atoms with Crippen LogP contribution in [0.2, 0.25) is 0 Å². The van der Waals surface area contributed by atoms with Crippen molar-refractivity contribution in [2.75, 3.05) is 29.9 Å². The molecule has 1 aliphatic heterocycles. The number of amides is 1. The number of hydrogen-bond acceptors (Lipinski definition) is 3. The zero-order chi connectivity index (χ0) is 16.8. The third kappa shape index (κ3) is 4.28. The number of nitrogens with zero attached hydrogens (tertiary/aromatic N) is 1. The van der Waals surface area contributed by atoms with Crippen molar-refractivity contribution in [2.45, 2.75) is 26.2 Å². The van der Waals surface area contributed by atoms with E-state index >= 15 is 0 Å². The van der Waals surface area contributed by atoms with E-state index in [0.717, 1.165) is 24.5 Å². The van der Waals surface area contributed by atoms with Crippen LogP contribution in [0.15, 0.2) is 48.5 Å². The summed E-state index contributed by atoms with van der Waals surface area (Å²) in [4.78, 5) is 14.5. The Morgan fingerprint density at radius 3 is 2.58 bits per heavy atom. The average Bonchev–Trinajstić information content (AvgIpc) is 3.10. The molecule has 24 heavy (non-hydrogen) atoms. The van der Waals surface area contributed by atoms with E-state index in [1.807, 2.05) is 42.5 Å². The summed E-state index contributed by atoms with van der Waals surface area (Å²) in [5, 5.41) is 2.95. The van der Waals surface area contributed by atoms with Crippen molar-refractivity contribution in [3.63, 3.8) is 0 Å². The summed E-state index contributed by atoms with van der Waals surface area (Å²) in [5.41, 5.74) is 3.33. The number of carbonyl (C=O) groups excluding carboxylic acids is 1. The van der Waals surface area contributed by atoms with Gasteiger partial charge in [-0.05, 0) is 55.7 Å². The standard InChI is InChI=1S/C20H24N2O2/c1-16-15-17(9-10-19(16)22-12-5-6-13-22)21-20(23)11-14-24-18-7-3-2-4-8-18/h2-4,7-10,15H,5-6,11-14H2,1H3,(H,21,23). The molecule has 0 aliphatic carbocycles. The van der Waals surface area contributed by atoms with Crippen molar-refractivity contribution >= 4 is 17.3 Å². The van der Waals surface area contributed by atoms with E-state index in [9.17, 15) is 4.79 Å². The van der Waals surface area contributed by atoms with E-state index in [1.165, 1.54) is 24.1 Å². The first-order chi connectivity index (χ1) is 11.7. The molecule has 4 nitrogen and oxygen atoms in total. The molecule has 2 aromatic carbocycles. The van der Waals surface area contributed by atoms with Crippen LogP contribution in [0, 0.1) is 6.92 Å². The van der Waals surface area contributed by atoms with Crippen molar-refractivity contribution in [2.24, 2.45) is 0 Å².